The number of hydrogen-bond donors (Lipinski definition) is 2. The first-order valence-corrected chi connectivity index (χ1v) is 11.9. The van der Waals surface area contributed by atoms with E-state index in [2.05, 4.69) is 13.5 Å². The zero-order valence-electron chi connectivity index (χ0n) is 18.1. The minimum Gasteiger partial charge on any atom is -0.481 e. The number of carboxylic acid groups (broad SMARTS) is 1. The van der Waals surface area contributed by atoms with Gasteiger partial charge in [-0.2, -0.15) is 0 Å². The van der Waals surface area contributed by atoms with E-state index in [-0.39, 0.29) is 29.7 Å². The van der Waals surface area contributed by atoms with Crippen molar-refractivity contribution >= 4 is 29.5 Å². The van der Waals surface area contributed by atoms with E-state index in [9.17, 15) is 24.6 Å². The quantitative estimate of drug-likeness (QED) is 0.507. The minimum atomic E-state index is -0.959. The van der Waals surface area contributed by atoms with E-state index >= 15 is 0 Å². The summed E-state index contributed by atoms with van der Waals surface area (Å²) in [5.41, 5.74) is 0. The first-order valence-electron chi connectivity index (χ1n) is 11.0. The van der Waals surface area contributed by atoms with E-state index in [1.165, 1.54) is 11.8 Å². The number of amides is 2. The van der Waals surface area contributed by atoms with Crippen LogP contribution in [0, 0.1) is 11.8 Å². The molecule has 0 aromatic rings. The van der Waals surface area contributed by atoms with Crippen LogP contribution in [0.25, 0.3) is 0 Å². The highest BCUT2D eigenvalue weighted by molar-refractivity contribution is 8.02. The molecule has 0 aromatic carbocycles. The van der Waals surface area contributed by atoms with Crippen molar-refractivity contribution in [1.82, 2.24) is 9.80 Å². The van der Waals surface area contributed by atoms with Crippen molar-refractivity contribution in [2.24, 2.45) is 11.8 Å². The van der Waals surface area contributed by atoms with Gasteiger partial charge in [-0.05, 0) is 32.6 Å². The Labute approximate surface area is 182 Å². The lowest BCUT2D eigenvalue weighted by atomic mass is 9.71. The highest BCUT2D eigenvalue weighted by Gasteiger charge is 2.74. The molecule has 30 heavy (non-hydrogen) atoms. The molecule has 2 amide bonds. The zero-order valence-corrected chi connectivity index (χ0v) is 18.9. The van der Waals surface area contributed by atoms with Gasteiger partial charge in [0.15, 0.2) is 0 Å². The molecule has 7 nitrogen and oxygen atoms in total. The van der Waals surface area contributed by atoms with E-state index < -0.39 is 34.6 Å². The van der Waals surface area contributed by atoms with Crippen molar-refractivity contribution in [3.8, 4) is 0 Å². The van der Waals surface area contributed by atoms with Crippen LogP contribution in [0.3, 0.4) is 0 Å². The van der Waals surface area contributed by atoms with Crippen molar-refractivity contribution in [3.05, 3.63) is 12.7 Å². The molecule has 2 bridgehead atoms. The number of carboxylic acids is 1. The lowest BCUT2D eigenvalue weighted by Gasteiger charge is -2.41. The molecular formula is C22H34N2O5S. The SMILES string of the molecule is C=CCN(C(=O)C1N([C@@H](CC)CO)C(=O)[C@@H]2[C@@H](C(=O)O)[C@H]3CCC12S3)C(C)CCC. The summed E-state index contributed by atoms with van der Waals surface area (Å²) in [6, 6.07) is -1.25. The lowest BCUT2D eigenvalue weighted by molar-refractivity contribution is -0.150. The van der Waals surface area contributed by atoms with Gasteiger partial charge in [0.05, 0.1) is 29.2 Å². The Balaban J connectivity index is 2.08. The van der Waals surface area contributed by atoms with Crippen LogP contribution in [0.2, 0.25) is 0 Å². The van der Waals surface area contributed by atoms with Crippen molar-refractivity contribution < 1.29 is 24.6 Å². The third kappa shape index (κ3) is 3.36. The first kappa shape index (κ1) is 23.1. The third-order valence-electron chi connectivity index (χ3n) is 7.18. The minimum absolute atomic E-state index is 0.0130. The fraction of sp³-hybridized carbons (Fsp3) is 0.773. The number of aliphatic carboxylic acids is 1. The molecule has 3 unspecified atom stereocenters. The van der Waals surface area contributed by atoms with Gasteiger partial charge in [-0.1, -0.05) is 26.3 Å². The van der Waals surface area contributed by atoms with E-state index in [4.69, 9.17) is 0 Å². The number of carbonyl (C=O) groups is 3. The average Bonchev–Trinajstić information content (AvgIpc) is 3.35. The summed E-state index contributed by atoms with van der Waals surface area (Å²) in [5.74, 6) is -2.86. The van der Waals surface area contributed by atoms with Crippen LogP contribution < -0.4 is 0 Å². The third-order valence-corrected chi connectivity index (χ3v) is 9.13. The topological polar surface area (TPSA) is 98.2 Å². The molecule has 168 valence electrons. The molecule has 2 N–H and O–H groups in total. The molecule has 8 heteroatoms. The molecule has 3 rings (SSSR count). The number of carbonyl (C=O) groups excluding carboxylic acids is 2. The first-order chi connectivity index (χ1) is 14.3. The Morgan fingerprint density at radius 2 is 2.13 bits per heavy atom. The second-order valence-corrected chi connectivity index (χ2v) is 10.4. The second-order valence-electron chi connectivity index (χ2n) is 8.80. The fourth-order valence-electron chi connectivity index (χ4n) is 5.82. The Morgan fingerprint density at radius 3 is 2.67 bits per heavy atom. The number of nitrogens with zero attached hydrogens (tertiary/aromatic N) is 2. The van der Waals surface area contributed by atoms with Crippen LogP contribution in [-0.4, -0.2) is 79.1 Å². The average molecular weight is 439 g/mol. The Bertz CT molecular complexity index is 712. The predicted molar refractivity (Wildman–Crippen MR) is 116 cm³/mol. The van der Waals surface area contributed by atoms with Gasteiger partial charge in [0.2, 0.25) is 11.8 Å². The normalized spacial score (nSPS) is 34.0. The maximum atomic E-state index is 14.0. The number of likely N-dealkylation sites (tertiary alicyclic amines) is 1. The highest BCUT2D eigenvalue weighted by atomic mass is 32.2. The number of aliphatic hydroxyl groups excluding tert-OH is 1. The summed E-state index contributed by atoms with van der Waals surface area (Å²) in [6.45, 7) is 9.89. The van der Waals surface area contributed by atoms with Gasteiger partial charge in [-0.3, -0.25) is 14.4 Å². The molecule has 0 aromatic heterocycles. The summed E-state index contributed by atoms with van der Waals surface area (Å²) in [7, 11) is 0. The Kier molecular flexibility index (Phi) is 6.87. The zero-order chi connectivity index (χ0) is 22.2. The largest absolute Gasteiger partial charge is 0.481 e. The molecule has 0 aliphatic carbocycles. The smallest absolute Gasteiger partial charge is 0.308 e. The predicted octanol–water partition coefficient (Wildman–Crippen LogP) is 2.14. The van der Waals surface area contributed by atoms with Crippen LogP contribution >= 0.6 is 11.8 Å². The van der Waals surface area contributed by atoms with Crippen molar-refractivity contribution in [2.75, 3.05) is 13.2 Å². The van der Waals surface area contributed by atoms with E-state index in [1.54, 1.807) is 15.9 Å². The number of fused-ring (bicyclic) bond motifs is 1. The summed E-state index contributed by atoms with van der Waals surface area (Å²) < 4.78 is -0.726. The lowest BCUT2D eigenvalue weighted by Crippen LogP contribution is -2.58. The summed E-state index contributed by atoms with van der Waals surface area (Å²) in [4.78, 5) is 43.0. The van der Waals surface area contributed by atoms with Gasteiger partial charge in [-0.15, -0.1) is 18.3 Å². The molecule has 1 spiro atoms. The maximum absolute atomic E-state index is 14.0. The van der Waals surface area contributed by atoms with Crippen LogP contribution in [-0.2, 0) is 14.4 Å². The van der Waals surface area contributed by atoms with Crippen molar-refractivity contribution in [1.29, 1.82) is 0 Å². The molecule has 0 radical (unpaired) electrons. The van der Waals surface area contributed by atoms with Gasteiger partial charge < -0.3 is 20.0 Å². The van der Waals surface area contributed by atoms with Crippen molar-refractivity contribution in [3.63, 3.8) is 0 Å². The molecule has 3 heterocycles. The van der Waals surface area contributed by atoms with E-state index in [1.807, 2.05) is 13.8 Å². The van der Waals surface area contributed by atoms with Gasteiger partial charge in [0, 0.05) is 17.8 Å². The number of rotatable bonds is 10. The Hall–Kier alpha value is -1.54. The van der Waals surface area contributed by atoms with Gasteiger partial charge >= 0.3 is 5.97 Å². The Morgan fingerprint density at radius 1 is 1.43 bits per heavy atom. The van der Waals surface area contributed by atoms with Crippen LogP contribution in [0.1, 0.15) is 52.9 Å². The van der Waals surface area contributed by atoms with Gasteiger partial charge in [0.1, 0.15) is 6.04 Å². The highest BCUT2D eigenvalue weighted by Crippen LogP contribution is 2.66. The van der Waals surface area contributed by atoms with Gasteiger partial charge in [0.25, 0.3) is 0 Å². The second kappa shape index (κ2) is 8.91. The number of hydrogen-bond acceptors (Lipinski definition) is 5. The van der Waals surface area contributed by atoms with Gasteiger partial charge in [-0.25, -0.2) is 0 Å². The van der Waals surface area contributed by atoms with E-state index in [0.717, 1.165) is 12.8 Å². The molecule has 7 atom stereocenters. The molecule has 3 aliphatic heterocycles. The van der Waals surface area contributed by atoms with E-state index in [0.29, 0.717) is 25.8 Å². The summed E-state index contributed by atoms with van der Waals surface area (Å²) in [6.07, 6.45) is 5.32. The molecule has 3 aliphatic rings. The molecular weight excluding hydrogens is 404 g/mol. The monoisotopic (exact) mass is 438 g/mol. The van der Waals surface area contributed by atoms with Crippen LogP contribution in [0.4, 0.5) is 0 Å². The molecule has 3 fully saturated rings. The maximum Gasteiger partial charge on any atom is 0.308 e. The number of thioether (sulfide) groups is 1. The standard InChI is InChI=1S/C22H34N2O5S/c1-5-8-13(4)23(11-6-2)20(27)18-22-10-9-15(30-22)16(21(28)29)17(22)19(26)24(18)14(7-3)12-25/h6,13-18,25H,2,5,7-12H2,1,3-4H3,(H,28,29)/t13?,14-,15+,16-,17-,18?,22?/m0/s1. The van der Waals surface area contributed by atoms with Crippen molar-refractivity contribution in [2.45, 2.75) is 81.0 Å². The van der Waals surface area contributed by atoms with Crippen LogP contribution in [0.15, 0.2) is 12.7 Å². The molecule has 0 saturated carbocycles. The van der Waals surface area contributed by atoms with Crippen LogP contribution in [0.5, 0.6) is 0 Å². The summed E-state index contributed by atoms with van der Waals surface area (Å²) in [5, 5.41) is 19.7. The molecule has 3 saturated heterocycles. The summed E-state index contributed by atoms with van der Waals surface area (Å²) >= 11 is 1.53. The number of aliphatic hydroxyl groups is 1. The fourth-order valence-corrected chi connectivity index (χ4v) is 8.01.